The molecule has 0 spiro atoms. The van der Waals surface area contributed by atoms with E-state index in [1.54, 1.807) is 0 Å². The third-order valence-corrected chi connectivity index (χ3v) is 5.32. The van der Waals surface area contributed by atoms with Crippen molar-refractivity contribution in [2.45, 2.75) is 45.3 Å². The molecule has 1 aromatic rings. The monoisotopic (exact) mass is 424 g/mol. The van der Waals surface area contributed by atoms with E-state index in [2.05, 4.69) is 20.1 Å². The van der Waals surface area contributed by atoms with E-state index in [9.17, 15) is 13.2 Å². The Balaban J connectivity index is 1.73. The summed E-state index contributed by atoms with van der Waals surface area (Å²) >= 11 is 0. The molecule has 2 aliphatic rings. The lowest BCUT2D eigenvalue weighted by Gasteiger charge is -2.29. The molecule has 0 atom stereocenters. The molecule has 2 heterocycles. The van der Waals surface area contributed by atoms with E-state index in [0.29, 0.717) is 31.1 Å². The molecule has 3 rings (SSSR count). The highest BCUT2D eigenvalue weighted by Crippen LogP contribution is 2.39. The van der Waals surface area contributed by atoms with Crippen molar-refractivity contribution in [1.29, 1.82) is 0 Å². The molecule has 0 saturated carbocycles. The van der Waals surface area contributed by atoms with Crippen molar-refractivity contribution < 1.29 is 32.1 Å². The van der Waals surface area contributed by atoms with Crippen LogP contribution in [0.1, 0.15) is 37.3 Å². The summed E-state index contributed by atoms with van der Waals surface area (Å²) in [5, 5.41) is 0. The molecule has 30 heavy (non-hydrogen) atoms. The van der Waals surface area contributed by atoms with Crippen molar-refractivity contribution >= 4 is 0 Å². The number of rotatable bonds is 7. The molecule has 1 aromatic carbocycles. The SMILES string of the molecule is C=C(OC)/C(F)=C1/Oc2c(cc(CCC3OCC(CCC)CO3)c(F)c2F)CC1=C. The van der Waals surface area contributed by atoms with Gasteiger partial charge in [0.25, 0.3) is 0 Å². The van der Waals surface area contributed by atoms with Gasteiger partial charge >= 0.3 is 0 Å². The van der Waals surface area contributed by atoms with Gasteiger partial charge in [0.05, 0.1) is 20.3 Å². The van der Waals surface area contributed by atoms with Gasteiger partial charge in [-0.15, -0.1) is 0 Å². The summed E-state index contributed by atoms with van der Waals surface area (Å²) in [5.74, 6) is -3.62. The van der Waals surface area contributed by atoms with Crippen LogP contribution in [0.4, 0.5) is 13.2 Å². The van der Waals surface area contributed by atoms with Crippen LogP contribution in [0.2, 0.25) is 0 Å². The van der Waals surface area contributed by atoms with Gasteiger partial charge in [-0.25, -0.2) is 4.39 Å². The van der Waals surface area contributed by atoms with E-state index in [-0.39, 0.29) is 41.2 Å². The Morgan fingerprint density at radius 2 is 1.90 bits per heavy atom. The molecule has 0 radical (unpaired) electrons. The molecule has 1 fully saturated rings. The van der Waals surface area contributed by atoms with Crippen LogP contribution in [0.3, 0.4) is 0 Å². The number of allylic oxidation sites excluding steroid dienone is 2. The quantitative estimate of drug-likeness (QED) is 0.540. The first-order chi connectivity index (χ1) is 14.3. The van der Waals surface area contributed by atoms with E-state index in [4.69, 9.17) is 18.9 Å². The van der Waals surface area contributed by atoms with Crippen molar-refractivity contribution in [3.05, 3.63) is 64.9 Å². The van der Waals surface area contributed by atoms with Crippen LogP contribution in [-0.2, 0) is 27.1 Å². The lowest BCUT2D eigenvalue weighted by atomic mass is 9.96. The maximum atomic E-state index is 14.7. The van der Waals surface area contributed by atoms with Crippen LogP contribution in [0, 0.1) is 17.6 Å². The van der Waals surface area contributed by atoms with Gasteiger partial charge in [0.1, 0.15) is 0 Å². The number of methoxy groups -OCH3 is 1. The summed E-state index contributed by atoms with van der Waals surface area (Å²) in [7, 11) is 1.25. The summed E-state index contributed by atoms with van der Waals surface area (Å²) in [6.07, 6.45) is 2.43. The molecule has 164 valence electrons. The molecule has 1 saturated heterocycles. The molecule has 0 amide bonds. The summed E-state index contributed by atoms with van der Waals surface area (Å²) < 4.78 is 65.2. The Morgan fingerprint density at radius 3 is 2.53 bits per heavy atom. The largest absolute Gasteiger partial charge is 0.494 e. The van der Waals surface area contributed by atoms with Crippen molar-refractivity contribution in [2.75, 3.05) is 20.3 Å². The Morgan fingerprint density at radius 1 is 1.20 bits per heavy atom. The topological polar surface area (TPSA) is 36.9 Å². The summed E-state index contributed by atoms with van der Waals surface area (Å²) in [4.78, 5) is 0. The predicted octanol–water partition coefficient (Wildman–Crippen LogP) is 5.52. The van der Waals surface area contributed by atoms with Crippen molar-refractivity contribution in [2.24, 2.45) is 5.92 Å². The van der Waals surface area contributed by atoms with Crippen molar-refractivity contribution in [1.82, 2.24) is 0 Å². The second-order valence-corrected chi connectivity index (χ2v) is 7.59. The fourth-order valence-corrected chi connectivity index (χ4v) is 3.64. The molecule has 0 aliphatic carbocycles. The standard InChI is InChI=1S/C23H27F3O4/c1-5-6-15-11-28-18(29-12-15)8-7-16-10-17-9-13(2)22(19(24)14(3)27-4)30-23(17)21(26)20(16)25/h10,15,18H,2-3,5-9,11-12H2,1,4H3/b22-19-. The van der Waals surface area contributed by atoms with Crippen LogP contribution in [0.5, 0.6) is 5.75 Å². The highest BCUT2D eigenvalue weighted by atomic mass is 19.2. The van der Waals surface area contributed by atoms with Gasteiger partial charge in [-0.1, -0.05) is 26.5 Å². The Hall–Kier alpha value is -2.25. The van der Waals surface area contributed by atoms with Gasteiger partial charge in [0.15, 0.2) is 29.4 Å². The van der Waals surface area contributed by atoms with Gasteiger partial charge in [0.2, 0.25) is 11.6 Å². The number of benzene rings is 1. The molecule has 0 unspecified atom stereocenters. The van der Waals surface area contributed by atoms with Crippen LogP contribution in [0.15, 0.2) is 42.1 Å². The highest BCUT2D eigenvalue weighted by Gasteiger charge is 2.30. The fraction of sp³-hybridized carbons (Fsp3) is 0.478. The number of fused-ring (bicyclic) bond motifs is 1. The number of hydrogen-bond acceptors (Lipinski definition) is 4. The average Bonchev–Trinajstić information content (AvgIpc) is 2.75. The Kier molecular flexibility index (Phi) is 7.26. The minimum absolute atomic E-state index is 0.119. The van der Waals surface area contributed by atoms with E-state index in [1.807, 2.05) is 0 Å². The van der Waals surface area contributed by atoms with Crippen molar-refractivity contribution in [3.63, 3.8) is 0 Å². The van der Waals surface area contributed by atoms with Gasteiger partial charge < -0.3 is 18.9 Å². The maximum Gasteiger partial charge on any atom is 0.207 e. The first kappa shape index (κ1) is 22.4. The lowest BCUT2D eigenvalue weighted by Crippen LogP contribution is -2.32. The number of aryl methyl sites for hydroxylation is 1. The first-order valence-corrected chi connectivity index (χ1v) is 10.1. The Bertz CT molecular complexity index is 854. The smallest absolute Gasteiger partial charge is 0.207 e. The molecule has 0 aromatic heterocycles. The second kappa shape index (κ2) is 9.71. The van der Waals surface area contributed by atoms with Crippen LogP contribution in [-0.4, -0.2) is 26.6 Å². The predicted molar refractivity (Wildman–Crippen MR) is 107 cm³/mol. The lowest BCUT2D eigenvalue weighted by molar-refractivity contribution is -0.203. The molecular formula is C23H27F3O4. The third-order valence-electron chi connectivity index (χ3n) is 5.32. The average molecular weight is 424 g/mol. The van der Waals surface area contributed by atoms with Crippen molar-refractivity contribution in [3.8, 4) is 5.75 Å². The van der Waals surface area contributed by atoms with Crippen LogP contribution in [0.25, 0.3) is 0 Å². The first-order valence-electron chi connectivity index (χ1n) is 10.1. The number of halogens is 3. The summed E-state index contributed by atoms with van der Waals surface area (Å²) in [6, 6.07) is 1.53. The molecule has 0 bridgehead atoms. The summed E-state index contributed by atoms with van der Waals surface area (Å²) in [6.45, 7) is 10.5. The van der Waals surface area contributed by atoms with E-state index < -0.39 is 23.8 Å². The molecule has 4 nitrogen and oxygen atoms in total. The van der Waals surface area contributed by atoms with Gasteiger partial charge in [0, 0.05) is 24.3 Å². The normalized spacial score (nSPS) is 22.9. The molecule has 0 N–H and O–H groups in total. The zero-order valence-electron chi connectivity index (χ0n) is 17.4. The van der Waals surface area contributed by atoms with Gasteiger partial charge in [-0.2, -0.15) is 8.78 Å². The van der Waals surface area contributed by atoms with Gasteiger partial charge in [-0.3, -0.25) is 0 Å². The molecular weight excluding hydrogens is 397 g/mol. The summed E-state index contributed by atoms with van der Waals surface area (Å²) in [5.41, 5.74) is 0.887. The second-order valence-electron chi connectivity index (χ2n) is 7.59. The van der Waals surface area contributed by atoms with Gasteiger partial charge in [-0.05, 0) is 30.0 Å². The van der Waals surface area contributed by atoms with E-state index >= 15 is 0 Å². The molecule has 2 aliphatic heterocycles. The van der Waals surface area contributed by atoms with Crippen LogP contribution < -0.4 is 4.74 Å². The zero-order valence-corrected chi connectivity index (χ0v) is 17.4. The van der Waals surface area contributed by atoms with E-state index in [0.717, 1.165) is 12.8 Å². The minimum atomic E-state index is -1.16. The number of ether oxygens (including phenoxy) is 4. The minimum Gasteiger partial charge on any atom is -0.494 e. The third kappa shape index (κ3) is 4.73. The Labute approximate surface area is 175 Å². The zero-order chi connectivity index (χ0) is 21.8. The van der Waals surface area contributed by atoms with E-state index in [1.165, 1.54) is 13.2 Å². The fourth-order valence-electron chi connectivity index (χ4n) is 3.64. The van der Waals surface area contributed by atoms with Crippen LogP contribution >= 0.6 is 0 Å². The number of hydrogen-bond donors (Lipinski definition) is 0. The maximum absolute atomic E-state index is 14.7. The highest BCUT2D eigenvalue weighted by molar-refractivity contribution is 5.51. The molecule has 7 heteroatoms.